The van der Waals surface area contributed by atoms with E-state index in [0.29, 0.717) is 18.9 Å². The summed E-state index contributed by atoms with van der Waals surface area (Å²) in [6.45, 7) is 1.36. The highest BCUT2D eigenvalue weighted by Crippen LogP contribution is 2.22. The van der Waals surface area contributed by atoms with Gasteiger partial charge in [-0.15, -0.1) is 0 Å². The van der Waals surface area contributed by atoms with Crippen molar-refractivity contribution in [2.45, 2.75) is 50.7 Å². The van der Waals surface area contributed by atoms with Gasteiger partial charge in [0.05, 0.1) is 12.1 Å². The number of aliphatic hydroxyl groups excluding tert-OH is 1. The fraction of sp³-hybridized carbons (Fsp3) is 0.917. The lowest BCUT2D eigenvalue weighted by Crippen LogP contribution is -2.42. The first-order valence-electron chi connectivity index (χ1n) is 6.45. The van der Waals surface area contributed by atoms with Crippen LogP contribution in [0.15, 0.2) is 0 Å². The molecule has 0 unspecified atom stereocenters. The molecule has 1 amide bonds. The van der Waals surface area contributed by atoms with Gasteiger partial charge in [0.2, 0.25) is 5.91 Å². The summed E-state index contributed by atoms with van der Waals surface area (Å²) in [4.78, 5) is 11.7. The number of hydrogen-bond donors (Lipinski definition) is 3. The van der Waals surface area contributed by atoms with Crippen molar-refractivity contribution in [3.8, 4) is 0 Å². The normalized spacial score (nSPS) is 31.6. The highest BCUT2D eigenvalue weighted by molar-refractivity contribution is 5.82. The molecule has 4 nitrogen and oxygen atoms in total. The summed E-state index contributed by atoms with van der Waals surface area (Å²) in [5.41, 5.74) is 0. The number of aliphatic hydroxyl groups is 1. The van der Waals surface area contributed by atoms with Crippen molar-refractivity contribution in [3.05, 3.63) is 0 Å². The highest BCUT2D eigenvalue weighted by Gasteiger charge is 2.28. The fourth-order valence-electron chi connectivity index (χ4n) is 2.68. The maximum Gasteiger partial charge on any atom is 0.237 e. The lowest BCUT2D eigenvalue weighted by Gasteiger charge is -2.22. The van der Waals surface area contributed by atoms with Gasteiger partial charge in [0, 0.05) is 13.1 Å². The van der Waals surface area contributed by atoms with Crippen LogP contribution in [0.3, 0.4) is 0 Å². The van der Waals surface area contributed by atoms with E-state index in [1.807, 2.05) is 0 Å². The van der Waals surface area contributed by atoms with Gasteiger partial charge < -0.3 is 15.7 Å². The molecule has 0 aromatic rings. The van der Waals surface area contributed by atoms with Crippen LogP contribution >= 0.6 is 0 Å². The average molecular weight is 226 g/mol. The van der Waals surface area contributed by atoms with E-state index in [-0.39, 0.29) is 18.1 Å². The zero-order valence-electron chi connectivity index (χ0n) is 9.74. The van der Waals surface area contributed by atoms with Gasteiger partial charge in [0.15, 0.2) is 0 Å². The molecule has 4 heteroatoms. The van der Waals surface area contributed by atoms with E-state index >= 15 is 0 Å². The third-order valence-electron chi connectivity index (χ3n) is 3.71. The molecule has 1 aliphatic heterocycles. The summed E-state index contributed by atoms with van der Waals surface area (Å²) in [5.74, 6) is 0.728. The van der Waals surface area contributed by atoms with Crippen molar-refractivity contribution < 1.29 is 9.90 Å². The smallest absolute Gasteiger partial charge is 0.237 e. The lowest BCUT2D eigenvalue weighted by molar-refractivity contribution is -0.123. The maximum atomic E-state index is 11.7. The van der Waals surface area contributed by atoms with Gasteiger partial charge in [-0.1, -0.05) is 19.3 Å². The molecule has 0 aromatic carbocycles. The largest absolute Gasteiger partial charge is 0.392 e. The van der Waals surface area contributed by atoms with Crippen LogP contribution in [0, 0.1) is 5.92 Å². The molecule has 2 aliphatic rings. The first-order valence-corrected chi connectivity index (χ1v) is 6.45. The minimum Gasteiger partial charge on any atom is -0.392 e. The van der Waals surface area contributed by atoms with Crippen molar-refractivity contribution >= 4 is 5.91 Å². The summed E-state index contributed by atoms with van der Waals surface area (Å²) in [7, 11) is 0. The quantitative estimate of drug-likeness (QED) is 0.653. The zero-order valence-corrected chi connectivity index (χ0v) is 9.74. The predicted octanol–water partition coefficient (Wildman–Crippen LogP) is 0.406. The summed E-state index contributed by atoms with van der Waals surface area (Å²) in [6, 6.07) is -0.182. The second kappa shape index (κ2) is 5.64. The first kappa shape index (κ1) is 11.9. The van der Waals surface area contributed by atoms with Crippen LogP contribution in [0.1, 0.15) is 38.5 Å². The first-order chi connectivity index (χ1) is 7.75. The molecule has 3 N–H and O–H groups in total. The number of carbonyl (C=O) groups excluding carboxylic acids is 1. The molecule has 1 saturated heterocycles. The SMILES string of the molecule is O=C(NCC1CCCCC1)[C@@H]1C[C@@H](O)CN1. The van der Waals surface area contributed by atoms with Crippen molar-refractivity contribution in [1.82, 2.24) is 10.6 Å². The highest BCUT2D eigenvalue weighted by atomic mass is 16.3. The minimum absolute atomic E-state index is 0.0575. The molecule has 1 aliphatic carbocycles. The van der Waals surface area contributed by atoms with E-state index in [0.717, 1.165) is 6.54 Å². The van der Waals surface area contributed by atoms with Gasteiger partial charge in [0.25, 0.3) is 0 Å². The Kier molecular flexibility index (Phi) is 4.18. The Balaban J connectivity index is 1.67. The van der Waals surface area contributed by atoms with Gasteiger partial charge in [-0.3, -0.25) is 4.79 Å². The molecular weight excluding hydrogens is 204 g/mol. The second-order valence-corrected chi connectivity index (χ2v) is 5.10. The summed E-state index contributed by atoms with van der Waals surface area (Å²) in [5, 5.41) is 15.4. The van der Waals surface area contributed by atoms with Crippen LogP contribution in [0.25, 0.3) is 0 Å². The molecule has 1 saturated carbocycles. The monoisotopic (exact) mass is 226 g/mol. The molecule has 2 atom stereocenters. The molecule has 0 aromatic heterocycles. The average Bonchev–Trinajstić information content (AvgIpc) is 2.74. The molecule has 92 valence electrons. The van der Waals surface area contributed by atoms with E-state index in [4.69, 9.17) is 0 Å². The van der Waals surface area contributed by atoms with Crippen LogP contribution in [-0.4, -0.2) is 36.2 Å². The maximum absolute atomic E-state index is 11.7. The molecule has 0 radical (unpaired) electrons. The van der Waals surface area contributed by atoms with Gasteiger partial charge >= 0.3 is 0 Å². The molecule has 16 heavy (non-hydrogen) atoms. The number of β-amino-alcohol motifs (C(OH)–C–C–N with tert-alkyl or cyclic N) is 1. The Bertz CT molecular complexity index is 239. The van der Waals surface area contributed by atoms with E-state index < -0.39 is 0 Å². The predicted molar refractivity (Wildman–Crippen MR) is 62.0 cm³/mol. The van der Waals surface area contributed by atoms with Crippen LogP contribution in [0.5, 0.6) is 0 Å². The summed E-state index contributed by atoms with van der Waals surface area (Å²) < 4.78 is 0. The van der Waals surface area contributed by atoms with E-state index in [1.54, 1.807) is 0 Å². The zero-order chi connectivity index (χ0) is 11.4. The number of carbonyl (C=O) groups is 1. The van der Waals surface area contributed by atoms with Crippen LogP contribution in [0.4, 0.5) is 0 Å². The van der Waals surface area contributed by atoms with E-state index in [1.165, 1.54) is 32.1 Å². The Morgan fingerprint density at radius 1 is 1.31 bits per heavy atom. The second-order valence-electron chi connectivity index (χ2n) is 5.10. The molecule has 1 heterocycles. The van der Waals surface area contributed by atoms with Gasteiger partial charge in [0.1, 0.15) is 0 Å². The number of nitrogens with one attached hydrogen (secondary N) is 2. The number of amides is 1. The van der Waals surface area contributed by atoms with E-state index in [9.17, 15) is 9.90 Å². The Morgan fingerprint density at radius 2 is 2.06 bits per heavy atom. The summed E-state index contributed by atoms with van der Waals surface area (Å²) in [6.07, 6.45) is 6.66. The van der Waals surface area contributed by atoms with Crippen molar-refractivity contribution in [2.24, 2.45) is 5.92 Å². The lowest BCUT2D eigenvalue weighted by atomic mass is 9.89. The Labute approximate surface area is 96.8 Å². The third-order valence-corrected chi connectivity index (χ3v) is 3.71. The Morgan fingerprint density at radius 3 is 2.69 bits per heavy atom. The molecular formula is C12H22N2O2. The number of rotatable bonds is 3. The van der Waals surface area contributed by atoms with Crippen molar-refractivity contribution in [1.29, 1.82) is 0 Å². The van der Waals surface area contributed by atoms with Crippen LogP contribution < -0.4 is 10.6 Å². The number of hydrogen-bond acceptors (Lipinski definition) is 3. The van der Waals surface area contributed by atoms with Crippen molar-refractivity contribution in [3.63, 3.8) is 0 Å². The molecule has 2 rings (SSSR count). The molecule has 2 fully saturated rings. The molecule has 0 bridgehead atoms. The standard InChI is InChI=1S/C12H22N2O2/c15-10-6-11(13-8-10)12(16)14-7-9-4-2-1-3-5-9/h9-11,13,15H,1-8H2,(H,14,16)/t10-,11+/m1/s1. The fourth-order valence-corrected chi connectivity index (χ4v) is 2.68. The minimum atomic E-state index is -0.356. The van der Waals surface area contributed by atoms with Gasteiger partial charge in [-0.2, -0.15) is 0 Å². The van der Waals surface area contributed by atoms with Gasteiger partial charge in [-0.25, -0.2) is 0 Å². The van der Waals surface area contributed by atoms with E-state index in [2.05, 4.69) is 10.6 Å². The van der Waals surface area contributed by atoms with Crippen molar-refractivity contribution in [2.75, 3.05) is 13.1 Å². The topological polar surface area (TPSA) is 61.4 Å². The van der Waals surface area contributed by atoms with Gasteiger partial charge in [-0.05, 0) is 25.2 Å². The summed E-state index contributed by atoms with van der Waals surface area (Å²) >= 11 is 0. The Hall–Kier alpha value is -0.610. The van der Waals surface area contributed by atoms with Crippen LogP contribution in [-0.2, 0) is 4.79 Å². The van der Waals surface area contributed by atoms with Crippen LogP contribution in [0.2, 0.25) is 0 Å². The molecule has 0 spiro atoms. The third kappa shape index (κ3) is 3.19.